The number of esters is 1. The number of nitrogens with zero attached hydrogens (tertiary/aromatic N) is 2. The number of hydrogen-bond donors (Lipinski definition) is 0. The molecule has 1 heterocycles. The van der Waals surface area contributed by atoms with Crippen molar-refractivity contribution in [3.8, 4) is 0 Å². The molecule has 1 unspecified atom stereocenters. The van der Waals surface area contributed by atoms with Crippen LogP contribution in [0.1, 0.15) is 33.2 Å². The van der Waals surface area contributed by atoms with Gasteiger partial charge in [0.2, 0.25) is 0 Å². The molecule has 0 aliphatic carbocycles. The van der Waals surface area contributed by atoms with Gasteiger partial charge in [-0.25, -0.2) is 4.79 Å². The second kappa shape index (κ2) is 6.75. The van der Waals surface area contributed by atoms with Crippen LogP contribution < -0.4 is 0 Å². The van der Waals surface area contributed by atoms with Gasteiger partial charge in [-0.05, 0) is 24.6 Å². The number of fused-ring (bicyclic) bond motifs is 1. The van der Waals surface area contributed by atoms with Gasteiger partial charge in [-0.3, -0.25) is 24.6 Å². The summed E-state index contributed by atoms with van der Waals surface area (Å²) in [4.78, 5) is 48.1. The zero-order valence-corrected chi connectivity index (χ0v) is 13.7. The van der Waals surface area contributed by atoms with Crippen LogP contribution in [-0.4, -0.2) is 33.6 Å². The molecule has 26 heavy (non-hydrogen) atoms. The van der Waals surface area contributed by atoms with E-state index in [0.717, 1.165) is 4.90 Å². The Morgan fingerprint density at radius 1 is 1.12 bits per heavy atom. The molecule has 8 heteroatoms. The van der Waals surface area contributed by atoms with Gasteiger partial charge in [0.1, 0.15) is 12.6 Å². The summed E-state index contributed by atoms with van der Waals surface area (Å²) >= 11 is 0. The fraction of sp³-hybridized carbons (Fsp3) is 0.167. The Labute approximate surface area is 148 Å². The zero-order valence-electron chi connectivity index (χ0n) is 13.7. The number of non-ortho nitro benzene ring substituents is 1. The van der Waals surface area contributed by atoms with Gasteiger partial charge in [-0.15, -0.1) is 0 Å². The largest absolute Gasteiger partial charge is 0.459 e. The highest BCUT2D eigenvalue weighted by Gasteiger charge is 2.41. The van der Waals surface area contributed by atoms with Gasteiger partial charge >= 0.3 is 5.97 Å². The Bertz CT molecular complexity index is 888. The quantitative estimate of drug-likeness (QED) is 0.353. The molecule has 1 aliphatic rings. The number of hydrogen-bond acceptors (Lipinski definition) is 6. The summed E-state index contributed by atoms with van der Waals surface area (Å²) in [6, 6.07) is 10.9. The van der Waals surface area contributed by atoms with E-state index in [9.17, 15) is 24.5 Å². The molecule has 1 aliphatic heterocycles. The second-order valence-corrected chi connectivity index (χ2v) is 5.74. The van der Waals surface area contributed by atoms with Crippen LogP contribution >= 0.6 is 0 Å². The Morgan fingerprint density at radius 3 is 2.31 bits per heavy atom. The van der Waals surface area contributed by atoms with Gasteiger partial charge in [0.25, 0.3) is 17.5 Å². The van der Waals surface area contributed by atoms with Crippen LogP contribution in [-0.2, 0) is 16.1 Å². The van der Waals surface area contributed by atoms with Crippen LogP contribution in [0.25, 0.3) is 0 Å². The Balaban J connectivity index is 1.69. The average Bonchev–Trinajstić information content (AvgIpc) is 2.90. The number of ether oxygens (including phenoxy) is 1. The molecular weight excluding hydrogens is 340 g/mol. The van der Waals surface area contributed by atoms with Crippen LogP contribution in [0.5, 0.6) is 0 Å². The van der Waals surface area contributed by atoms with E-state index in [0.29, 0.717) is 5.56 Å². The third kappa shape index (κ3) is 3.04. The Kier molecular flexibility index (Phi) is 4.49. The summed E-state index contributed by atoms with van der Waals surface area (Å²) in [6.07, 6.45) is 0. The first kappa shape index (κ1) is 17.3. The molecule has 0 fully saturated rings. The predicted molar refractivity (Wildman–Crippen MR) is 89.3 cm³/mol. The minimum Gasteiger partial charge on any atom is -0.459 e. The maximum Gasteiger partial charge on any atom is 0.329 e. The number of carbonyl (C=O) groups excluding carboxylic acids is 3. The van der Waals surface area contributed by atoms with Gasteiger partial charge in [0, 0.05) is 12.1 Å². The van der Waals surface area contributed by atoms with E-state index in [1.807, 2.05) is 0 Å². The summed E-state index contributed by atoms with van der Waals surface area (Å²) < 4.78 is 5.12. The number of nitro benzene ring substituents is 1. The van der Waals surface area contributed by atoms with E-state index >= 15 is 0 Å². The summed E-state index contributed by atoms with van der Waals surface area (Å²) in [5.74, 6) is -1.87. The SMILES string of the molecule is CC(C(=O)OCc1cccc([N+](=O)[O-])c1)N1C(=O)c2ccccc2C1=O. The molecule has 2 amide bonds. The molecule has 0 saturated carbocycles. The van der Waals surface area contributed by atoms with E-state index < -0.39 is 28.7 Å². The van der Waals surface area contributed by atoms with E-state index in [-0.39, 0.29) is 23.4 Å². The summed E-state index contributed by atoms with van der Waals surface area (Å²) in [6.45, 7) is 1.20. The lowest BCUT2D eigenvalue weighted by Crippen LogP contribution is -2.43. The lowest BCUT2D eigenvalue weighted by atomic mass is 10.1. The second-order valence-electron chi connectivity index (χ2n) is 5.74. The fourth-order valence-corrected chi connectivity index (χ4v) is 2.70. The monoisotopic (exact) mass is 354 g/mol. The molecular formula is C18H14N2O6. The number of rotatable bonds is 5. The topological polar surface area (TPSA) is 107 Å². The third-order valence-electron chi connectivity index (χ3n) is 4.06. The molecule has 0 spiro atoms. The van der Waals surface area contributed by atoms with Crippen molar-refractivity contribution in [2.45, 2.75) is 19.6 Å². The first-order valence-corrected chi connectivity index (χ1v) is 7.77. The summed E-state index contributed by atoms with van der Waals surface area (Å²) in [7, 11) is 0. The first-order valence-electron chi connectivity index (χ1n) is 7.77. The smallest absolute Gasteiger partial charge is 0.329 e. The Hall–Kier alpha value is -3.55. The third-order valence-corrected chi connectivity index (χ3v) is 4.06. The predicted octanol–water partition coefficient (Wildman–Crippen LogP) is 2.32. The van der Waals surface area contributed by atoms with E-state index in [2.05, 4.69) is 0 Å². The van der Waals surface area contributed by atoms with E-state index in [4.69, 9.17) is 4.74 Å². The maximum absolute atomic E-state index is 12.4. The molecule has 0 N–H and O–H groups in total. The van der Waals surface area contributed by atoms with Crippen molar-refractivity contribution in [2.24, 2.45) is 0 Å². The maximum atomic E-state index is 12.4. The van der Waals surface area contributed by atoms with Crippen molar-refractivity contribution < 1.29 is 24.0 Å². The van der Waals surface area contributed by atoms with Crippen molar-refractivity contribution in [3.63, 3.8) is 0 Å². The standard InChI is InChI=1S/C18H14N2O6/c1-11(19-16(21)14-7-2-3-8-15(14)17(19)22)18(23)26-10-12-5-4-6-13(9-12)20(24)25/h2-9,11H,10H2,1H3. The normalized spacial score (nSPS) is 14.1. The van der Waals surface area contributed by atoms with Gasteiger partial charge in [-0.2, -0.15) is 0 Å². The molecule has 0 radical (unpaired) electrons. The molecule has 2 aromatic rings. The van der Waals surface area contributed by atoms with Crippen molar-refractivity contribution in [2.75, 3.05) is 0 Å². The minimum absolute atomic E-state index is 0.119. The highest BCUT2D eigenvalue weighted by molar-refractivity contribution is 6.22. The lowest BCUT2D eigenvalue weighted by Gasteiger charge is -2.20. The molecule has 0 bridgehead atoms. The number of imide groups is 1. The molecule has 132 valence electrons. The molecule has 0 aromatic heterocycles. The summed E-state index contributed by atoms with van der Waals surface area (Å²) in [5, 5.41) is 10.8. The minimum atomic E-state index is -1.11. The van der Waals surface area contributed by atoms with Gasteiger partial charge in [0.05, 0.1) is 16.1 Å². The van der Waals surface area contributed by atoms with Gasteiger partial charge < -0.3 is 4.74 Å². The molecule has 1 atom stereocenters. The van der Waals surface area contributed by atoms with Crippen molar-refractivity contribution in [1.82, 2.24) is 4.90 Å². The highest BCUT2D eigenvalue weighted by Crippen LogP contribution is 2.25. The molecule has 0 saturated heterocycles. The summed E-state index contributed by atoms with van der Waals surface area (Å²) in [5.41, 5.74) is 0.806. The Morgan fingerprint density at radius 2 is 1.73 bits per heavy atom. The first-order chi connectivity index (χ1) is 12.4. The highest BCUT2D eigenvalue weighted by atomic mass is 16.6. The van der Waals surface area contributed by atoms with Crippen molar-refractivity contribution >= 4 is 23.5 Å². The average molecular weight is 354 g/mol. The molecule has 2 aromatic carbocycles. The van der Waals surface area contributed by atoms with Gasteiger partial charge in [-0.1, -0.05) is 24.3 Å². The van der Waals surface area contributed by atoms with Crippen LogP contribution in [0.4, 0.5) is 5.69 Å². The number of carbonyl (C=O) groups is 3. The number of nitro groups is 1. The van der Waals surface area contributed by atoms with E-state index in [1.165, 1.54) is 37.3 Å². The van der Waals surface area contributed by atoms with E-state index in [1.54, 1.807) is 18.2 Å². The zero-order chi connectivity index (χ0) is 18.8. The van der Waals surface area contributed by atoms with Crippen molar-refractivity contribution in [3.05, 3.63) is 75.3 Å². The van der Waals surface area contributed by atoms with Crippen LogP contribution in [0, 0.1) is 10.1 Å². The molecule has 8 nitrogen and oxygen atoms in total. The fourth-order valence-electron chi connectivity index (χ4n) is 2.70. The molecule has 3 rings (SSSR count). The van der Waals surface area contributed by atoms with Crippen LogP contribution in [0.2, 0.25) is 0 Å². The number of amides is 2. The lowest BCUT2D eigenvalue weighted by molar-refractivity contribution is -0.384. The number of benzene rings is 2. The van der Waals surface area contributed by atoms with Crippen LogP contribution in [0.3, 0.4) is 0 Å². The van der Waals surface area contributed by atoms with Crippen molar-refractivity contribution in [1.29, 1.82) is 0 Å². The van der Waals surface area contributed by atoms with Crippen LogP contribution in [0.15, 0.2) is 48.5 Å². The van der Waals surface area contributed by atoms with Gasteiger partial charge in [0.15, 0.2) is 0 Å².